The largest absolute Gasteiger partial charge is 0.455 e. The maximum Gasteiger partial charge on any atom is 0.313 e. The van der Waals surface area contributed by atoms with Crippen LogP contribution in [0.15, 0.2) is 55.6 Å². The number of carbonyl (C=O) groups is 4. The molecule has 4 aliphatic rings. The molecule has 47 heavy (non-hydrogen) atoms. The third-order valence-electron chi connectivity index (χ3n) is 10.3. The van der Waals surface area contributed by atoms with Crippen LogP contribution in [0.1, 0.15) is 69.5 Å². The second kappa shape index (κ2) is 15.6. The summed E-state index contributed by atoms with van der Waals surface area (Å²) >= 11 is 0. The van der Waals surface area contributed by atoms with Gasteiger partial charge in [-0.15, -0.1) is 13.2 Å². The summed E-state index contributed by atoms with van der Waals surface area (Å²) in [4.78, 5) is 59.1. The molecule has 256 valence electrons. The van der Waals surface area contributed by atoms with Gasteiger partial charge in [0.2, 0.25) is 17.7 Å². The van der Waals surface area contributed by atoms with Gasteiger partial charge in [0, 0.05) is 32.7 Å². The Morgan fingerprint density at radius 3 is 2.55 bits per heavy atom. The third-order valence-corrected chi connectivity index (χ3v) is 10.3. The standard InChI is InChI=1S/C36H49N3O8/c1-4-6-17-28(41)37-26(23-45-3)31(24-13-9-7-10-14-24)46-35(44)29-27-18-19-36(47-27)30(29)33(42)39(21-22-40)32(36)34(43)38(20-5-2)25-15-11-8-12-16-25/h4-5,7,9-10,13-14,25-27,29-32,40H,1-2,6,8,11-12,15-23H2,3H3,(H,37,41)/t26-,27+,29-,30-,31-,32+,36-/m1/s1. The van der Waals surface area contributed by atoms with Crippen LogP contribution in [0.3, 0.4) is 0 Å². The van der Waals surface area contributed by atoms with E-state index in [0.29, 0.717) is 31.4 Å². The molecule has 2 N–H and O–H groups in total. The summed E-state index contributed by atoms with van der Waals surface area (Å²) in [6, 6.07) is 7.46. The van der Waals surface area contributed by atoms with E-state index in [0.717, 1.165) is 32.1 Å². The molecule has 1 aromatic rings. The van der Waals surface area contributed by atoms with Gasteiger partial charge in [0.15, 0.2) is 0 Å². The second-order valence-corrected chi connectivity index (χ2v) is 13.1. The number of rotatable bonds is 16. The summed E-state index contributed by atoms with van der Waals surface area (Å²) in [5.74, 6) is -3.36. The highest BCUT2D eigenvalue weighted by Crippen LogP contribution is 2.59. The molecule has 3 heterocycles. The monoisotopic (exact) mass is 651 g/mol. The lowest BCUT2D eigenvalue weighted by Crippen LogP contribution is -2.58. The quantitative estimate of drug-likeness (QED) is 0.206. The molecule has 3 saturated heterocycles. The maximum absolute atomic E-state index is 14.5. The fourth-order valence-electron chi connectivity index (χ4n) is 8.28. The molecule has 0 aromatic heterocycles. The summed E-state index contributed by atoms with van der Waals surface area (Å²) in [6.45, 7) is 7.61. The number of fused-ring (bicyclic) bond motifs is 1. The van der Waals surface area contributed by atoms with Gasteiger partial charge in [0.25, 0.3) is 0 Å². The summed E-state index contributed by atoms with van der Waals surface area (Å²) in [7, 11) is 1.51. The number of aliphatic hydroxyl groups excluding tert-OH is 1. The fraction of sp³-hybridized carbons (Fsp3) is 0.611. The SMILES string of the molecule is C=CCCC(=O)N[C@H](COC)[C@H](OC(=O)[C@@H]1[C@@H]2CC[C@]3(O2)[C@H](C(=O)N(CC=C)C2CCCCC2)N(CCO)C(=O)[C@@H]13)c1ccccc1. The first-order valence-electron chi connectivity index (χ1n) is 17.0. The maximum atomic E-state index is 14.5. The number of esters is 1. The number of benzene rings is 1. The number of hydrogen-bond donors (Lipinski definition) is 2. The van der Waals surface area contributed by atoms with E-state index in [1.807, 2.05) is 35.2 Å². The number of methoxy groups -OCH3 is 1. The van der Waals surface area contributed by atoms with Crippen molar-refractivity contribution in [3.63, 3.8) is 0 Å². The van der Waals surface area contributed by atoms with Crippen LogP contribution < -0.4 is 5.32 Å². The average Bonchev–Trinajstić information content (AvgIpc) is 3.73. The predicted octanol–water partition coefficient (Wildman–Crippen LogP) is 3.08. The van der Waals surface area contributed by atoms with Gasteiger partial charge in [-0.1, -0.05) is 61.7 Å². The van der Waals surface area contributed by atoms with Crippen molar-refractivity contribution in [1.29, 1.82) is 0 Å². The smallest absolute Gasteiger partial charge is 0.313 e. The number of likely N-dealkylation sites (tertiary alicyclic amines) is 1. The minimum atomic E-state index is -1.21. The molecule has 5 rings (SSSR count). The van der Waals surface area contributed by atoms with Crippen molar-refractivity contribution < 1.29 is 38.5 Å². The fourth-order valence-corrected chi connectivity index (χ4v) is 8.28. The van der Waals surface area contributed by atoms with Crippen molar-refractivity contribution in [3.05, 3.63) is 61.2 Å². The minimum absolute atomic E-state index is 0.0289. The van der Waals surface area contributed by atoms with Crippen LogP contribution in [0.4, 0.5) is 0 Å². The number of ether oxygens (including phenoxy) is 3. The van der Waals surface area contributed by atoms with Gasteiger partial charge in [-0.2, -0.15) is 0 Å². The van der Waals surface area contributed by atoms with Crippen molar-refractivity contribution in [2.45, 2.75) is 93.7 Å². The predicted molar refractivity (Wildman–Crippen MR) is 174 cm³/mol. The molecule has 0 radical (unpaired) electrons. The van der Waals surface area contributed by atoms with Gasteiger partial charge in [0.1, 0.15) is 17.7 Å². The zero-order chi connectivity index (χ0) is 33.6. The molecule has 2 bridgehead atoms. The first kappa shape index (κ1) is 34.8. The number of β-amino-alcohol motifs (C(OH)–C–C–N with tert-alkyl or cyclic N) is 1. The van der Waals surface area contributed by atoms with Crippen LogP contribution >= 0.6 is 0 Å². The van der Waals surface area contributed by atoms with E-state index >= 15 is 0 Å². The number of nitrogens with one attached hydrogen (secondary N) is 1. The second-order valence-electron chi connectivity index (χ2n) is 13.1. The van der Waals surface area contributed by atoms with Crippen LogP contribution in [-0.4, -0.2) is 102 Å². The van der Waals surface area contributed by atoms with Gasteiger partial charge >= 0.3 is 5.97 Å². The minimum Gasteiger partial charge on any atom is -0.455 e. The summed E-state index contributed by atoms with van der Waals surface area (Å²) in [5.41, 5.74) is -0.551. The van der Waals surface area contributed by atoms with E-state index in [1.165, 1.54) is 12.0 Å². The Bertz CT molecular complexity index is 1300. The molecule has 11 heteroatoms. The van der Waals surface area contributed by atoms with Crippen molar-refractivity contribution >= 4 is 23.7 Å². The number of carbonyl (C=O) groups excluding carboxylic acids is 4. The van der Waals surface area contributed by atoms with E-state index < -0.39 is 47.7 Å². The molecule has 11 nitrogen and oxygen atoms in total. The summed E-state index contributed by atoms with van der Waals surface area (Å²) in [5, 5.41) is 13.0. The number of amides is 3. The Kier molecular flexibility index (Phi) is 11.5. The number of hydrogen-bond acceptors (Lipinski definition) is 8. The highest BCUT2D eigenvalue weighted by atomic mass is 16.6. The third kappa shape index (κ3) is 6.89. The van der Waals surface area contributed by atoms with Crippen LogP contribution in [0.5, 0.6) is 0 Å². The summed E-state index contributed by atoms with van der Waals surface area (Å²) in [6.07, 6.45) is 8.41. The first-order chi connectivity index (χ1) is 22.8. The van der Waals surface area contributed by atoms with Crippen molar-refractivity contribution in [1.82, 2.24) is 15.1 Å². The molecule has 1 aromatic carbocycles. The Balaban J connectivity index is 1.45. The number of allylic oxidation sites excluding steroid dienone is 1. The molecular formula is C36H49N3O8. The highest BCUT2D eigenvalue weighted by Gasteiger charge is 2.75. The van der Waals surface area contributed by atoms with Gasteiger partial charge < -0.3 is 34.4 Å². The van der Waals surface area contributed by atoms with Gasteiger partial charge in [-0.3, -0.25) is 19.2 Å². The molecule has 3 aliphatic heterocycles. The van der Waals surface area contributed by atoms with Crippen molar-refractivity contribution in [2.75, 3.05) is 33.4 Å². The van der Waals surface area contributed by atoms with Crippen LogP contribution in [0.25, 0.3) is 0 Å². The van der Waals surface area contributed by atoms with Crippen LogP contribution in [0, 0.1) is 11.8 Å². The lowest BCUT2D eigenvalue weighted by atomic mass is 9.70. The van der Waals surface area contributed by atoms with Gasteiger partial charge in [0.05, 0.1) is 37.2 Å². The molecule has 7 atom stereocenters. The van der Waals surface area contributed by atoms with Crippen LogP contribution in [0.2, 0.25) is 0 Å². The number of nitrogens with zero attached hydrogens (tertiary/aromatic N) is 2. The lowest BCUT2D eigenvalue weighted by molar-refractivity contribution is -0.163. The average molecular weight is 652 g/mol. The van der Waals surface area contributed by atoms with Gasteiger partial charge in [-0.25, -0.2) is 0 Å². The Hall–Kier alpha value is -3.54. The van der Waals surface area contributed by atoms with Crippen molar-refractivity contribution in [2.24, 2.45) is 11.8 Å². The van der Waals surface area contributed by atoms with E-state index in [1.54, 1.807) is 12.2 Å². The van der Waals surface area contributed by atoms with Gasteiger partial charge in [-0.05, 0) is 37.7 Å². The zero-order valence-electron chi connectivity index (χ0n) is 27.4. The number of aliphatic hydroxyl groups is 1. The molecular weight excluding hydrogens is 602 g/mol. The Morgan fingerprint density at radius 2 is 1.89 bits per heavy atom. The van der Waals surface area contributed by atoms with Crippen LogP contribution in [-0.2, 0) is 33.4 Å². The molecule has 4 fully saturated rings. The zero-order valence-corrected chi connectivity index (χ0v) is 27.4. The molecule has 1 aliphatic carbocycles. The lowest BCUT2D eigenvalue weighted by Gasteiger charge is -2.40. The normalized spacial score (nSPS) is 28.0. The topological polar surface area (TPSA) is 135 Å². The van der Waals surface area contributed by atoms with E-state index in [2.05, 4.69) is 18.5 Å². The molecule has 3 amide bonds. The van der Waals surface area contributed by atoms with E-state index in [-0.39, 0.29) is 49.9 Å². The molecule has 0 unspecified atom stereocenters. The first-order valence-corrected chi connectivity index (χ1v) is 17.0. The highest BCUT2D eigenvalue weighted by molar-refractivity contribution is 5.98. The molecule has 1 saturated carbocycles. The van der Waals surface area contributed by atoms with E-state index in [9.17, 15) is 24.3 Å². The molecule has 1 spiro atoms. The Labute approximate surface area is 277 Å². The Morgan fingerprint density at radius 1 is 1.15 bits per heavy atom. The van der Waals surface area contributed by atoms with E-state index in [4.69, 9.17) is 14.2 Å². The summed E-state index contributed by atoms with van der Waals surface area (Å²) < 4.78 is 18.3. The van der Waals surface area contributed by atoms with Crippen molar-refractivity contribution in [3.8, 4) is 0 Å².